The highest BCUT2D eigenvalue weighted by molar-refractivity contribution is 5.92. The second-order valence-electron chi connectivity index (χ2n) is 6.37. The average Bonchev–Trinajstić information content (AvgIpc) is 2.95. The van der Waals surface area contributed by atoms with Gasteiger partial charge in [0.25, 0.3) is 5.91 Å². The van der Waals surface area contributed by atoms with Gasteiger partial charge in [0.05, 0.1) is 0 Å². The number of benzene rings is 1. The average molecular weight is 316 g/mol. The van der Waals surface area contributed by atoms with Crippen LogP contribution in [0.4, 0.5) is 0 Å². The first-order chi connectivity index (χ1) is 10.8. The maximum absolute atomic E-state index is 12.1. The van der Waals surface area contributed by atoms with Gasteiger partial charge in [0.15, 0.2) is 5.76 Å². The number of nitrogens with one attached hydrogen (secondary N) is 1. The number of rotatable bonds is 6. The fourth-order valence-corrected chi connectivity index (χ4v) is 2.11. The molecule has 1 aromatic carbocycles. The second-order valence-corrected chi connectivity index (χ2v) is 6.37. The molecule has 5 heteroatoms. The smallest absolute Gasteiger partial charge is 0.287 e. The van der Waals surface area contributed by atoms with Crippen molar-refractivity contribution in [3.05, 3.63) is 53.0 Å². The van der Waals surface area contributed by atoms with Crippen LogP contribution in [0.15, 0.2) is 34.7 Å². The van der Waals surface area contributed by atoms with Gasteiger partial charge in [-0.05, 0) is 51.5 Å². The van der Waals surface area contributed by atoms with Gasteiger partial charge in [-0.25, -0.2) is 0 Å². The molecule has 0 saturated heterocycles. The molecule has 2 aromatic rings. The maximum atomic E-state index is 12.1. The Balaban J connectivity index is 1.98. The van der Waals surface area contributed by atoms with Crippen LogP contribution >= 0.6 is 0 Å². The van der Waals surface area contributed by atoms with E-state index in [9.17, 15) is 4.79 Å². The van der Waals surface area contributed by atoms with E-state index in [-0.39, 0.29) is 18.3 Å². The lowest BCUT2D eigenvalue weighted by Gasteiger charge is -2.23. The zero-order valence-electron chi connectivity index (χ0n) is 14.1. The van der Waals surface area contributed by atoms with Crippen molar-refractivity contribution in [2.45, 2.75) is 39.8 Å². The predicted molar refractivity (Wildman–Crippen MR) is 89.6 cm³/mol. The highest BCUT2D eigenvalue weighted by Crippen LogP contribution is 2.20. The van der Waals surface area contributed by atoms with Crippen LogP contribution in [0.25, 0.3) is 0 Å². The van der Waals surface area contributed by atoms with Gasteiger partial charge >= 0.3 is 0 Å². The van der Waals surface area contributed by atoms with Gasteiger partial charge in [0, 0.05) is 12.1 Å². The van der Waals surface area contributed by atoms with Crippen molar-refractivity contribution >= 4 is 5.91 Å². The van der Waals surface area contributed by atoms with Crippen LogP contribution < -0.4 is 15.8 Å². The van der Waals surface area contributed by atoms with E-state index in [1.807, 2.05) is 39.8 Å². The fraction of sp³-hybridized carbons (Fsp3) is 0.389. The Kier molecular flexibility index (Phi) is 5.11. The SMILES string of the molecule is Cc1ccc(OCc2ccc(C(=O)NC(C)(C)CN)o2)c(C)c1. The zero-order valence-corrected chi connectivity index (χ0v) is 14.1. The standard InChI is InChI=1S/C18H24N2O3/c1-12-5-7-15(13(2)9-12)22-10-14-6-8-16(23-14)17(21)20-18(3,4)11-19/h5-9H,10-11,19H2,1-4H3,(H,20,21). The summed E-state index contributed by atoms with van der Waals surface area (Å²) in [4.78, 5) is 12.1. The van der Waals surface area contributed by atoms with Crippen molar-refractivity contribution in [2.75, 3.05) is 6.54 Å². The first kappa shape index (κ1) is 17.1. The molecular formula is C18H24N2O3. The molecule has 0 atom stereocenters. The summed E-state index contributed by atoms with van der Waals surface area (Å²) in [6.07, 6.45) is 0. The molecule has 0 saturated carbocycles. The summed E-state index contributed by atoms with van der Waals surface area (Å²) in [5.74, 6) is 1.38. The van der Waals surface area contributed by atoms with Gasteiger partial charge < -0.3 is 20.2 Å². The second kappa shape index (κ2) is 6.87. The van der Waals surface area contributed by atoms with Crippen molar-refractivity contribution < 1.29 is 13.9 Å². The topological polar surface area (TPSA) is 77.5 Å². The Hall–Kier alpha value is -2.27. The van der Waals surface area contributed by atoms with Gasteiger partial charge in [-0.2, -0.15) is 0 Å². The first-order valence-electron chi connectivity index (χ1n) is 7.62. The summed E-state index contributed by atoms with van der Waals surface area (Å²) >= 11 is 0. The molecule has 3 N–H and O–H groups in total. The van der Waals surface area contributed by atoms with Crippen molar-refractivity contribution in [1.82, 2.24) is 5.32 Å². The number of nitrogens with two attached hydrogens (primary N) is 1. The van der Waals surface area contributed by atoms with E-state index >= 15 is 0 Å². The quantitative estimate of drug-likeness (QED) is 0.859. The van der Waals surface area contributed by atoms with Crippen molar-refractivity contribution in [3.63, 3.8) is 0 Å². The third kappa shape index (κ3) is 4.60. The number of hydrogen-bond donors (Lipinski definition) is 2. The molecule has 0 aliphatic rings. The molecule has 1 amide bonds. The van der Waals surface area contributed by atoms with Crippen LogP contribution in [0.3, 0.4) is 0 Å². The minimum atomic E-state index is -0.473. The minimum absolute atomic E-state index is 0.255. The normalized spacial score (nSPS) is 11.3. The lowest BCUT2D eigenvalue weighted by molar-refractivity contribution is 0.0883. The Bertz CT molecular complexity index is 689. The summed E-state index contributed by atoms with van der Waals surface area (Å²) in [7, 11) is 0. The number of carbonyl (C=O) groups excluding carboxylic acids is 1. The van der Waals surface area contributed by atoms with E-state index in [0.29, 0.717) is 12.3 Å². The monoisotopic (exact) mass is 316 g/mol. The predicted octanol–water partition coefficient (Wildman–Crippen LogP) is 2.94. The van der Waals surface area contributed by atoms with Crippen LogP contribution in [0.5, 0.6) is 5.75 Å². The molecule has 0 aliphatic heterocycles. The van der Waals surface area contributed by atoms with E-state index in [2.05, 4.69) is 11.4 Å². The van der Waals surface area contributed by atoms with Gasteiger partial charge in [0.2, 0.25) is 0 Å². The third-order valence-corrected chi connectivity index (χ3v) is 3.55. The van der Waals surface area contributed by atoms with Crippen molar-refractivity contribution in [2.24, 2.45) is 5.73 Å². The molecule has 1 aromatic heterocycles. The molecule has 124 valence electrons. The number of hydrogen-bond acceptors (Lipinski definition) is 4. The number of aryl methyl sites for hydroxylation is 2. The summed E-state index contributed by atoms with van der Waals surface area (Å²) in [5.41, 5.74) is 7.39. The number of carbonyl (C=O) groups is 1. The van der Waals surface area contributed by atoms with Crippen LogP contribution in [0, 0.1) is 13.8 Å². The zero-order chi connectivity index (χ0) is 17.0. The number of ether oxygens (including phenoxy) is 1. The third-order valence-electron chi connectivity index (χ3n) is 3.55. The Labute approximate surface area is 136 Å². The van der Waals surface area contributed by atoms with E-state index in [0.717, 1.165) is 11.3 Å². The number of amides is 1. The van der Waals surface area contributed by atoms with Gasteiger partial charge in [0.1, 0.15) is 18.1 Å². The highest BCUT2D eigenvalue weighted by Gasteiger charge is 2.21. The van der Waals surface area contributed by atoms with Crippen molar-refractivity contribution in [3.8, 4) is 5.75 Å². The fourth-order valence-electron chi connectivity index (χ4n) is 2.11. The van der Waals surface area contributed by atoms with Crippen LogP contribution in [0.2, 0.25) is 0 Å². The van der Waals surface area contributed by atoms with E-state index in [1.165, 1.54) is 5.56 Å². The van der Waals surface area contributed by atoms with E-state index < -0.39 is 5.54 Å². The molecule has 0 aliphatic carbocycles. The van der Waals surface area contributed by atoms with Crippen molar-refractivity contribution in [1.29, 1.82) is 0 Å². The molecule has 0 bridgehead atoms. The lowest BCUT2D eigenvalue weighted by atomic mass is 10.1. The molecule has 0 radical (unpaired) electrons. The largest absolute Gasteiger partial charge is 0.485 e. The molecule has 2 rings (SSSR count). The minimum Gasteiger partial charge on any atom is -0.485 e. The van der Waals surface area contributed by atoms with Gasteiger partial charge in [-0.3, -0.25) is 4.79 Å². The molecule has 0 unspecified atom stereocenters. The summed E-state index contributed by atoms with van der Waals surface area (Å²) in [5, 5.41) is 2.83. The summed E-state index contributed by atoms with van der Waals surface area (Å²) in [6, 6.07) is 9.38. The molecule has 1 heterocycles. The Morgan fingerprint density at radius 2 is 2.00 bits per heavy atom. The number of furan rings is 1. The van der Waals surface area contributed by atoms with Gasteiger partial charge in [-0.15, -0.1) is 0 Å². The summed E-state index contributed by atoms with van der Waals surface area (Å²) in [6.45, 7) is 8.38. The van der Waals surface area contributed by atoms with Crippen LogP contribution in [-0.4, -0.2) is 18.0 Å². The lowest BCUT2D eigenvalue weighted by Crippen LogP contribution is -2.48. The van der Waals surface area contributed by atoms with Crippen LogP contribution in [0.1, 0.15) is 41.3 Å². The molecule has 0 fully saturated rings. The summed E-state index contributed by atoms with van der Waals surface area (Å²) < 4.78 is 11.3. The molecule has 23 heavy (non-hydrogen) atoms. The molecule has 5 nitrogen and oxygen atoms in total. The molecule has 0 spiro atoms. The van der Waals surface area contributed by atoms with Gasteiger partial charge in [-0.1, -0.05) is 17.7 Å². The Morgan fingerprint density at radius 3 is 2.65 bits per heavy atom. The first-order valence-corrected chi connectivity index (χ1v) is 7.62. The maximum Gasteiger partial charge on any atom is 0.287 e. The van der Waals surface area contributed by atoms with E-state index in [4.69, 9.17) is 14.9 Å². The van der Waals surface area contributed by atoms with Crippen LogP contribution in [-0.2, 0) is 6.61 Å². The Morgan fingerprint density at radius 1 is 1.26 bits per heavy atom. The highest BCUT2D eigenvalue weighted by atomic mass is 16.5. The molecular weight excluding hydrogens is 292 g/mol. The van der Waals surface area contributed by atoms with E-state index in [1.54, 1.807) is 12.1 Å².